The van der Waals surface area contributed by atoms with Crippen LogP contribution in [0.1, 0.15) is 20.9 Å². The second kappa shape index (κ2) is 5.01. The predicted molar refractivity (Wildman–Crippen MR) is 62.5 cm³/mol. The van der Waals surface area contributed by atoms with Gasteiger partial charge in [-0.2, -0.15) is 11.3 Å². The molecule has 0 spiro atoms. The molecule has 7 heteroatoms. The van der Waals surface area contributed by atoms with Gasteiger partial charge in [-0.3, -0.25) is 0 Å². The molecule has 18 heavy (non-hydrogen) atoms. The smallest absolute Gasteiger partial charge is 0.377 e. The van der Waals surface area contributed by atoms with Crippen molar-refractivity contribution < 1.29 is 23.6 Å². The van der Waals surface area contributed by atoms with E-state index in [0.29, 0.717) is 5.56 Å². The fourth-order valence-corrected chi connectivity index (χ4v) is 2.05. The van der Waals surface area contributed by atoms with Crippen LogP contribution in [0, 0.1) is 0 Å². The van der Waals surface area contributed by atoms with Crippen LogP contribution in [0.4, 0.5) is 0 Å². The van der Waals surface area contributed by atoms with Crippen LogP contribution in [-0.4, -0.2) is 31.3 Å². The average Bonchev–Trinajstić information content (AvgIpc) is 3.04. The lowest BCUT2D eigenvalue weighted by atomic mass is 10.1. The Bertz CT molecular complexity index is 572. The summed E-state index contributed by atoms with van der Waals surface area (Å²) in [6.45, 7) is 0. The van der Waals surface area contributed by atoms with Crippen molar-refractivity contribution in [2.24, 2.45) is 0 Å². The highest BCUT2D eigenvalue weighted by molar-refractivity contribution is 7.08. The first kappa shape index (κ1) is 12.3. The molecule has 2 aromatic rings. The molecule has 0 amide bonds. The summed E-state index contributed by atoms with van der Waals surface area (Å²) in [5.41, 5.74) is 0.922. The van der Waals surface area contributed by atoms with E-state index < -0.39 is 11.9 Å². The second-order valence-electron chi connectivity index (χ2n) is 3.23. The summed E-state index contributed by atoms with van der Waals surface area (Å²) in [6, 6.07) is 1.76. The Morgan fingerprint density at radius 1 is 1.28 bits per heavy atom. The maximum absolute atomic E-state index is 11.7. The van der Waals surface area contributed by atoms with E-state index in [1.54, 1.807) is 11.4 Å². The summed E-state index contributed by atoms with van der Waals surface area (Å²) in [5.74, 6) is -1.73. The molecule has 0 fully saturated rings. The molecule has 94 valence electrons. The summed E-state index contributed by atoms with van der Waals surface area (Å²) < 4.78 is 14.0. The first-order valence-corrected chi connectivity index (χ1v) is 5.82. The second-order valence-corrected chi connectivity index (χ2v) is 4.01. The molecule has 0 bridgehead atoms. The summed E-state index contributed by atoms with van der Waals surface area (Å²) >= 11 is 1.44. The fraction of sp³-hybridized carbons (Fsp3) is 0.182. The summed E-state index contributed by atoms with van der Waals surface area (Å²) in [7, 11) is 2.41. The molecular formula is C11H9NO5S. The van der Waals surface area contributed by atoms with E-state index >= 15 is 0 Å². The molecule has 0 aliphatic carbocycles. The molecule has 2 rings (SSSR count). The zero-order valence-electron chi connectivity index (χ0n) is 9.63. The van der Waals surface area contributed by atoms with E-state index in [-0.39, 0.29) is 17.0 Å². The van der Waals surface area contributed by atoms with Gasteiger partial charge >= 0.3 is 11.9 Å². The Morgan fingerprint density at radius 3 is 2.56 bits per heavy atom. The van der Waals surface area contributed by atoms with E-state index in [1.165, 1.54) is 25.6 Å². The minimum Gasteiger partial charge on any atom is -0.465 e. The van der Waals surface area contributed by atoms with Gasteiger partial charge in [0, 0.05) is 10.9 Å². The Kier molecular flexibility index (Phi) is 3.42. The number of carbonyl (C=O) groups excluding carboxylic acids is 2. The van der Waals surface area contributed by atoms with Crippen LogP contribution in [-0.2, 0) is 9.47 Å². The number of carbonyl (C=O) groups is 2. The molecule has 0 N–H and O–H groups in total. The van der Waals surface area contributed by atoms with Crippen molar-refractivity contribution in [1.82, 2.24) is 5.16 Å². The lowest BCUT2D eigenvalue weighted by Gasteiger charge is -1.99. The van der Waals surface area contributed by atoms with Crippen LogP contribution in [0.5, 0.6) is 0 Å². The molecule has 0 aliphatic rings. The number of thiophene rings is 1. The van der Waals surface area contributed by atoms with Crippen molar-refractivity contribution in [3.05, 3.63) is 28.2 Å². The molecule has 2 aromatic heterocycles. The standard InChI is InChI=1S/C11H9NO5S/c1-15-10(13)7-8(6-3-4-18-5-6)12-17-9(7)11(14)16-2/h3-5H,1-2H3. The number of hydrogen-bond acceptors (Lipinski definition) is 7. The molecule has 0 saturated heterocycles. The first-order chi connectivity index (χ1) is 8.69. The van der Waals surface area contributed by atoms with Crippen molar-refractivity contribution in [3.8, 4) is 11.3 Å². The number of ether oxygens (including phenoxy) is 2. The van der Waals surface area contributed by atoms with Crippen molar-refractivity contribution >= 4 is 23.3 Å². The number of nitrogens with zero attached hydrogens (tertiary/aromatic N) is 1. The van der Waals surface area contributed by atoms with Gasteiger partial charge in [-0.05, 0) is 11.4 Å². The Hall–Kier alpha value is -2.15. The molecule has 6 nitrogen and oxygen atoms in total. The van der Waals surface area contributed by atoms with Gasteiger partial charge < -0.3 is 14.0 Å². The predicted octanol–water partition coefficient (Wildman–Crippen LogP) is 1.98. The highest BCUT2D eigenvalue weighted by atomic mass is 32.1. The van der Waals surface area contributed by atoms with E-state index in [4.69, 9.17) is 4.52 Å². The molecule has 0 atom stereocenters. The monoisotopic (exact) mass is 267 g/mol. The van der Waals surface area contributed by atoms with Gasteiger partial charge in [0.05, 0.1) is 14.2 Å². The quantitative estimate of drug-likeness (QED) is 0.791. The van der Waals surface area contributed by atoms with E-state index in [1.807, 2.05) is 5.38 Å². The SMILES string of the molecule is COC(=O)c1onc(-c2ccsc2)c1C(=O)OC. The van der Waals surface area contributed by atoms with E-state index in [2.05, 4.69) is 14.6 Å². The molecule has 2 heterocycles. The van der Waals surface area contributed by atoms with Crippen molar-refractivity contribution in [3.63, 3.8) is 0 Å². The van der Waals surface area contributed by atoms with Crippen molar-refractivity contribution in [2.45, 2.75) is 0 Å². The maximum atomic E-state index is 11.7. The number of esters is 2. The van der Waals surface area contributed by atoms with Gasteiger partial charge in [-0.25, -0.2) is 9.59 Å². The topological polar surface area (TPSA) is 78.6 Å². The van der Waals surface area contributed by atoms with Crippen LogP contribution in [0.3, 0.4) is 0 Å². The lowest BCUT2D eigenvalue weighted by Crippen LogP contribution is -2.10. The minimum atomic E-state index is -0.774. The van der Waals surface area contributed by atoms with Gasteiger partial charge in [0.1, 0.15) is 11.3 Å². The number of hydrogen-bond donors (Lipinski definition) is 0. The van der Waals surface area contributed by atoms with Crippen LogP contribution in [0.25, 0.3) is 11.3 Å². The first-order valence-electron chi connectivity index (χ1n) is 4.88. The van der Waals surface area contributed by atoms with Crippen molar-refractivity contribution in [1.29, 1.82) is 0 Å². The van der Waals surface area contributed by atoms with E-state index in [0.717, 1.165) is 0 Å². The highest BCUT2D eigenvalue weighted by Gasteiger charge is 2.29. The molecule has 0 aliphatic heterocycles. The fourth-order valence-electron chi connectivity index (χ4n) is 1.41. The minimum absolute atomic E-state index is 0.0252. The summed E-state index contributed by atoms with van der Waals surface area (Å²) in [4.78, 5) is 23.2. The van der Waals surface area contributed by atoms with Crippen LogP contribution in [0.2, 0.25) is 0 Å². The zero-order valence-corrected chi connectivity index (χ0v) is 10.4. The number of methoxy groups -OCH3 is 2. The van der Waals surface area contributed by atoms with Gasteiger partial charge in [0.2, 0.25) is 0 Å². The third-order valence-electron chi connectivity index (χ3n) is 2.25. The Morgan fingerprint density at radius 2 is 2.00 bits per heavy atom. The molecular weight excluding hydrogens is 258 g/mol. The van der Waals surface area contributed by atoms with Gasteiger partial charge in [0.15, 0.2) is 0 Å². The third kappa shape index (κ3) is 2.00. The average molecular weight is 267 g/mol. The normalized spacial score (nSPS) is 10.1. The highest BCUT2D eigenvalue weighted by Crippen LogP contribution is 2.28. The van der Waals surface area contributed by atoms with Crippen LogP contribution < -0.4 is 0 Å². The van der Waals surface area contributed by atoms with Crippen LogP contribution >= 0.6 is 11.3 Å². The Balaban J connectivity index is 2.58. The van der Waals surface area contributed by atoms with Crippen molar-refractivity contribution in [2.75, 3.05) is 14.2 Å². The van der Waals surface area contributed by atoms with Gasteiger partial charge in [-0.1, -0.05) is 5.16 Å². The summed E-state index contributed by atoms with van der Waals surface area (Å²) in [6.07, 6.45) is 0. The number of aromatic nitrogens is 1. The van der Waals surface area contributed by atoms with Crippen LogP contribution in [0.15, 0.2) is 21.3 Å². The Labute approximate surface area is 106 Å². The molecule has 0 aromatic carbocycles. The maximum Gasteiger partial charge on any atom is 0.377 e. The van der Waals surface area contributed by atoms with Gasteiger partial charge in [-0.15, -0.1) is 0 Å². The number of rotatable bonds is 3. The largest absolute Gasteiger partial charge is 0.465 e. The van der Waals surface area contributed by atoms with E-state index in [9.17, 15) is 9.59 Å². The zero-order chi connectivity index (χ0) is 13.1. The third-order valence-corrected chi connectivity index (χ3v) is 2.93. The lowest BCUT2D eigenvalue weighted by molar-refractivity contribution is 0.0521. The molecule has 0 radical (unpaired) electrons. The molecule has 0 saturated carbocycles. The molecule has 0 unspecified atom stereocenters. The summed E-state index contributed by atoms with van der Waals surface area (Å²) in [5, 5.41) is 7.33. The van der Waals surface area contributed by atoms with Gasteiger partial charge in [0.25, 0.3) is 5.76 Å².